The molecule has 0 heterocycles. The molecule has 0 atom stereocenters. The molecule has 19 heavy (non-hydrogen) atoms. The molecule has 6 heteroatoms. The monoisotopic (exact) mass is 266 g/mol. The molecule has 6 nitrogen and oxygen atoms in total. The van der Waals surface area contributed by atoms with E-state index in [0.29, 0.717) is 12.3 Å². The lowest BCUT2D eigenvalue weighted by Gasteiger charge is -2.10. The highest BCUT2D eigenvalue weighted by atomic mass is 16.5. The summed E-state index contributed by atoms with van der Waals surface area (Å²) in [4.78, 5) is 23.2. The van der Waals surface area contributed by atoms with Crippen LogP contribution in [0.3, 0.4) is 0 Å². The van der Waals surface area contributed by atoms with Crippen molar-refractivity contribution in [3.05, 3.63) is 23.8 Å². The number of carbonyl (C=O) groups is 2. The van der Waals surface area contributed by atoms with Gasteiger partial charge in [-0.05, 0) is 18.6 Å². The number of nitrogens with one attached hydrogen (secondary N) is 1. The first-order valence-corrected chi connectivity index (χ1v) is 5.96. The minimum absolute atomic E-state index is 0.133. The summed E-state index contributed by atoms with van der Waals surface area (Å²) in [6, 6.07) is 4.83. The third-order valence-electron chi connectivity index (χ3n) is 2.39. The smallest absolute Gasteiger partial charge is 0.344 e. The van der Waals surface area contributed by atoms with Gasteiger partial charge < -0.3 is 20.5 Å². The van der Waals surface area contributed by atoms with Crippen molar-refractivity contribution in [2.24, 2.45) is 0 Å². The Labute approximate surface area is 111 Å². The highest BCUT2D eigenvalue weighted by Gasteiger charge is 2.18. The minimum atomic E-state index is -0.679. The van der Waals surface area contributed by atoms with Crippen LogP contribution in [0.4, 0.5) is 5.69 Å². The van der Waals surface area contributed by atoms with E-state index in [9.17, 15) is 9.59 Å². The molecule has 104 valence electrons. The summed E-state index contributed by atoms with van der Waals surface area (Å²) < 4.78 is 9.94. The third kappa shape index (κ3) is 4.17. The summed E-state index contributed by atoms with van der Waals surface area (Å²) in [6.07, 6.45) is 0.819. The normalized spacial score (nSPS) is 9.79. The van der Waals surface area contributed by atoms with Crippen molar-refractivity contribution in [3.8, 4) is 5.75 Å². The van der Waals surface area contributed by atoms with Crippen LogP contribution in [0.1, 0.15) is 23.7 Å². The maximum absolute atomic E-state index is 11.9. The quantitative estimate of drug-likeness (QED) is 0.591. The van der Waals surface area contributed by atoms with E-state index in [2.05, 4.69) is 5.32 Å². The van der Waals surface area contributed by atoms with E-state index in [1.807, 2.05) is 6.92 Å². The van der Waals surface area contributed by atoms with Crippen LogP contribution >= 0.6 is 0 Å². The van der Waals surface area contributed by atoms with Gasteiger partial charge in [-0.15, -0.1) is 0 Å². The van der Waals surface area contributed by atoms with Gasteiger partial charge in [-0.2, -0.15) is 0 Å². The zero-order valence-corrected chi connectivity index (χ0v) is 11.1. The van der Waals surface area contributed by atoms with Gasteiger partial charge in [0.2, 0.25) is 0 Å². The molecular formula is C13H18N2O4. The maximum atomic E-state index is 11.9. The summed E-state index contributed by atoms with van der Waals surface area (Å²) in [5, 5.41) is 2.60. The Kier molecular flexibility index (Phi) is 5.66. The van der Waals surface area contributed by atoms with E-state index in [1.165, 1.54) is 7.11 Å². The third-order valence-corrected chi connectivity index (χ3v) is 2.39. The van der Waals surface area contributed by atoms with Gasteiger partial charge >= 0.3 is 5.97 Å². The molecule has 0 aliphatic carbocycles. The molecule has 1 rings (SSSR count). The number of ether oxygens (including phenoxy) is 2. The van der Waals surface area contributed by atoms with E-state index in [0.717, 1.165) is 6.42 Å². The summed E-state index contributed by atoms with van der Waals surface area (Å²) in [5.41, 5.74) is 6.08. The Morgan fingerprint density at radius 3 is 2.74 bits per heavy atom. The number of nitrogens with two attached hydrogens (primary N) is 1. The Morgan fingerprint density at radius 2 is 2.11 bits per heavy atom. The predicted molar refractivity (Wildman–Crippen MR) is 71.0 cm³/mol. The molecule has 0 radical (unpaired) electrons. The standard InChI is InChI=1S/C13H18N2O4/c1-3-7-15-11(16)8-19-13(17)12-9(14)5-4-6-10(12)18-2/h4-6H,3,7-8,14H2,1-2H3,(H,15,16). The SMILES string of the molecule is CCCNC(=O)COC(=O)c1c(N)cccc1OC. The van der Waals surface area contributed by atoms with Gasteiger partial charge in [0.15, 0.2) is 6.61 Å². The van der Waals surface area contributed by atoms with Gasteiger partial charge in [0, 0.05) is 12.2 Å². The zero-order valence-electron chi connectivity index (χ0n) is 11.1. The maximum Gasteiger partial charge on any atom is 0.344 e. The lowest BCUT2D eigenvalue weighted by molar-refractivity contribution is -0.124. The van der Waals surface area contributed by atoms with Gasteiger partial charge in [-0.3, -0.25) is 4.79 Å². The van der Waals surface area contributed by atoms with Crippen molar-refractivity contribution in [1.29, 1.82) is 0 Å². The van der Waals surface area contributed by atoms with Crippen LogP contribution in [0.15, 0.2) is 18.2 Å². The van der Waals surface area contributed by atoms with E-state index in [-0.39, 0.29) is 23.8 Å². The molecule has 0 saturated carbocycles. The number of nitrogen functional groups attached to an aromatic ring is 1. The molecule has 0 fully saturated rings. The van der Waals surface area contributed by atoms with E-state index >= 15 is 0 Å². The molecule has 3 N–H and O–H groups in total. The second-order valence-corrected chi connectivity index (χ2v) is 3.85. The van der Waals surface area contributed by atoms with Gasteiger partial charge in [0.1, 0.15) is 11.3 Å². The largest absolute Gasteiger partial charge is 0.496 e. The highest BCUT2D eigenvalue weighted by molar-refractivity contribution is 5.99. The number of hydrogen-bond acceptors (Lipinski definition) is 5. The van der Waals surface area contributed by atoms with Crippen LogP contribution in [0, 0.1) is 0 Å². The minimum Gasteiger partial charge on any atom is -0.496 e. The number of carbonyl (C=O) groups excluding carboxylic acids is 2. The first-order chi connectivity index (χ1) is 9.10. The van der Waals surface area contributed by atoms with Gasteiger partial charge in [0.05, 0.1) is 7.11 Å². The second kappa shape index (κ2) is 7.25. The van der Waals surface area contributed by atoms with E-state index in [1.54, 1.807) is 18.2 Å². The lowest BCUT2D eigenvalue weighted by atomic mass is 10.1. The topological polar surface area (TPSA) is 90.7 Å². The van der Waals surface area contributed by atoms with Gasteiger partial charge in [-0.1, -0.05) is 13.0 Å². The molecule has 1 aromatic carbocycles. The van der Waals surface area contributed by atoms with Crippen LogP contribution in [-0.2, 0) is 9.53 Å². The average Bonchev–Trinajstić information content (AvgIpc) is 2.42. The first-order valence-electron chi connectivity index (χ1n) is 5.96. The van der Waals surface area contributed by atoms with Crippen molar-refractivity contribution in [3.63, 3.8) is 0 Å². The molecule has 1 amide bonds. The van der Waals surface area contributed by atoms with Gasteiger partial charge in [-0.25, -0.2) is 4.79 Å². The fourth-order valence-electron chi connectivity index (χ4n) is 1.46. The molecule has 0 aromatic heterocycles. The fraction of sp³-hybridized carbons (Fsp3) is 0.385. The molecule has 0 bridgehead atoms. The molecule has 1 aromatic rings. The Balaban J connectivity index is 2.66. The number of anilines is 1. The van der Waals surface area contributed by atoms with Crippen molar-refractivity contribution >= 4 is 17.6 Å². The van der Waals surface area contributed by atoms with Crippen molar-refractivity contribution in [2.45, 2.75) is 13.3 Å². The Bertz CT molecular complexity index is 460. The molecule has 0 unspecified atom stereocenters. The number of rotatable bonds is 6. The number of amides is 1. The van der Waals surface area contributed by atoms with E-state index in [4.69, 9.17) is 15.2 Å². The Hall–Kier alpha value is -2.24. The average molecular weight is 266 g/mol. The molecular weight excluding hydrogens is 248 g/mol. The van der Waals surface area contributed by atoms with Crippen LogP contribution < -0.4 is 15.8 Å². The van der Waals surface area contributed by atoms with E-state index < -0.39 is 5.97 Å². The van der Waals surface area contributed by atoms with Crippen molar-refractivity contribution < 1.29 is 19.1 Å². The summed E-state index contributed by atoms with van der Waals surface area (Å²) in [5.74, 6) is -0.704. The van der Waals surface area contributed by atoms with Gasteiger partial charge in [0.25, 0.3) is 5.91 Å². The zero-order chi connectivity index (χ0) is 14.3. The fourth-order valence-corrected chi connectivity index (χ4v) is 1.46. The number of esters is 1. The predicted octanol–water partition coefficient (Wildman–Crippen LogP) is 0.960. The highest BCUT2D eigenvalue weighted by Crippen LogP contribution is 2.24. The Morgan fingerprint density at radius 1 is 1.37 bits per heavy atom. The summed E-state index contributed by atoms with van der Waals surface area (Å²) in [6.45, 7) is 2.14. The van der Waals surface area contributed by atoms with Crippen molar-refractivity contribution in [2.75, 3.05) is 26.0 Å². The van der Waals surface area contributed by atoms with Crippen LogP contribution in [0.25, 0.3) is 0 Å². The summed E-state index contributed by atoms with van der Waals surface area (Å²) in [7, 11) is 1.43. The second-order valence-electron chi connectivity index (χ2n) is 3.85. The van der Waals surface area contributed by atoms with Crippen LogP contribution in [0.5, 0.6) is 5.75 Å². The number of hydrogen-bond donors (Lipinski definition) is 2. The molecule has 0 aliphatic heterocycles. The molecule has 0 saturated heterocycles. The lowest BCUT2D eigenvalue weighted by Crippen LogP contribution is -2.29. The molecule has 0 aliphatic rings. The molecule has 0 spiro atoms. The summed E-state index contributed by atoms with van der Waals surface area (Å²) >= 11 is 0. The number of benzene rings is 1. The van der Waals surface area contributed by atoms with Crippen LogP contribution in [0.2, 0.25) is 0 Å². The number of methoxy groups -OCH3 is 1. The first kappa shape index (κ1) is 14.8. The van der Waals surface area contributed by atoms with Crippen LogP contribution in [-0.4, -0.2) is 32.1 Å². The van der Waals surface area contributed by atoms with Crippen molar-refractivity contribution in [1.82, 2.24) is 5.32 Å².